The molecule has 9 heteroatoms. The Hall–Kier alpha value is -2.42. The summed E-state index contributed by atoms with van der Waals surface area (Å²) >= 11 is 5.84. The van der Waals surface area contributed by atoms with Gasteiger partial charge in [-0.15, -0.1) is 0 Å². The topological polar surface area (TPSA) is 88.1 Å². The molecule has 0 saturated carbocycles. The van der Waals surface area contributed by atoms with Gasteiger partial charge in [0.2, 0.25) is 10.0 Å². The van der Waals surface area contributed by atoms with Gasteiger partial charge in [-0.05, 0) is 73.4 Å². The summed E-state index contributed by atoms with van der Waals surface area (Å²) in [4.78, 5) is 12.7. The number of amides is 1. The van der Waals surface area contributed by atoms with Crippen LogP contribution in [0.25, 0.3) is 0 Å². The van der Waals surface area contributed by atoms with Crippen molar-refractivity contribution in [2.45, 2.75) is 30.7 Å². The average molecular weight is 436 g/mol. The molecule has 1 atom stereocenters. The van der Waals surface area contributed by atoms with E-state index in [-0.39, 0.29) is 11.4 Å². The Morgan fingerprint density at radius 2 is 2.00 bits per heavy atom. The fourth-order valence-corrected chi connectivity index (χ4v) is 4.97. The Bertz CT molecular complexity index is 1020. The van der Waals surface area contributed by atoms with Gasteiger partial charge in [0, 0.05) is 11.6 Å². The van der Waals surface area contributed by atoms with E-state index in [9.17, 15) is 13.2 Å². The van der Waals surface area contributed by atoms with Gasteiger partial charge in [0.05, 0.1) is 18.2 Å². The maximum atomic E-state index is 12.9. The van der Waals surface area contributed by atoms with E-state index in [0.717, 1.165) is 16.9 Å². The number of carbonyl (C=O) groups is 1. The number of rotatable bonds is 6. The third-order valence-corrected chi connectivity index (χ3v) is 6.96. The summed E-state index contributed by atoms with van der Waals surface area (Å²) in [6, 6.07) is 10.6. The van der Waals surface area contributed by atoms with Crippen molar-refractivity contribution in [1.29, 1.82) is 0 Å². The highest BCUT2D eigenvalue weighted by Gasteiger charge is 2.39. The molecule has 1 heterocycles. The summed E-state index contributed by atoms with van der Waals surface area (Å²) < 4.78 is 32.2. The third-order valence-electron chi connectivity index (χ3n) is 4.78. The summed E-state index contributed by atoms with van der Waals surface area (Å²) in [5.41, 5.74) is 4.23. The molecule has 0 aromatic heterocycles. The fourth-order valence-electron chi connectivity index (χ4n) is 3.19. The minimum absolute atomic E-state index is 0.110. The number of nitrogens with one attached hydrogen (secondary N) is 1. The van der Waals surface area contributed by atoms with Crippen molar-refractivity contribution >= 4 is 33.7 Å². The molecule has 1 aliphatic rings. The summed E-state index contributed by atoms with van der Waals surface area (Å²) in [6.45, 7) is 2.19. The van der Waals surface area contributed by atoms with Crippen LogP contribution in [0.3, 0.4) is 0 Å². The van der Waals surface area contributed by atoms with Gasteiger partial charge in [-0.2, -0.15) is 9.41 Å². The molecule has 0 radical (unpaired) electrons. The maximum Gasteiger partial charge on any atom is 0.258 e. The van der Waals surface area contributed by atoms with E-state index in [0.29, 0.717) is 17.9 Å². The van der Waals surface area contributed by atoms with E-state index in [1.807, 2.05) is 19.1 Å². The van der Waals surface area contributed by atoms with Crippen molar-refractivity contribution in [1.82, 2.24) is 9.73 Å². The molecular weight excluding hydrogens is 414 g/mol. The first-order valence-corrected chi connectivity index (χ1v) is 10.9. The zero-order chi connectivity index (χ0) is 21.0. The van der Waals surface area contributed by atoms with Crippen molar-refractivity contribution in [2.24, 2.45) is 5.10 Å². The van der Waals surface area contributed by atoms with Crippen LogP contribution in [0.5, 0.6) is 5.75 Å². The summed E-state index contributed by atoms with van der Waals surface area (Å²) in [5.74, 6) is 0.278. The highest BCUT2D eigenvalue weighted by atomic mass is 35.5. The van der Waals surface area contributed by atoms with E-state index in [1.165, 1.54) is 34.8 Å². The third kappa shape index (κ3) is 4.77. The molecule has 1 fully saturated rings. The molecule has 0 unspecified atom stereocenters. The lowest BCUT2D eigenvalue weighted by Gasteiger charge is -2.22. The van der Waals surface area contributed by atoms with E-state index in [1.54, 1.807) is 13.2 Å². The lowest BCUT2D eigenvalue weighted by Crippen LogP contribution is -2.44. The molecule has 3 rings (SSSR count). The van der Waals surface area contributed by atoms with Gasteiger partial charge in [-0.25, -0.2) is 13.8 Å². The second-order valence-corrected chi connectivity index (χ2v) is 9.01. The van der Waals surface area contributed by atoms with Crippen molar-refractivity contribution < 1.29 is 17.9 Å². The van der Waals surface area contributed by atoms with Crippen LogP contribution in [0, 0.1) is 6.92 Å². The smallest absolute Gasteiger partial charge is 0.258 e. The first-order chi connectivity index (χ1) is 13.8. The van der Waals surface area contributed by atoms with Gasteiger partial charge in [0.15, 0.2) is 0 Å². The fraction of sp³-hybridized carbons (Fsp3) is 0.300. The number of aryl methyl sites for hydroxylation is 1. The molecule has 1 saturated heterocycles. The molecule has 1 N–H and O–H groups in total. The van der Waals surface area contributed by atoms with Crippen molar-refractivity contribution in [2.75, 3.05) is 13.7 Å². The molecular formula is C20H22ClN3O4S. The highest BCUT2D eigenvalue weighted by molar-refractivity contribution is 7.89. The molecule has 154 valence electrons. The summed E-state index contributed by atoms with van der Waals surface area (Å²) in [7, 11) is -2.20. The average Bonchev–Trinajstić information content (AvgIpc) is 3.20. The molecule has 2 aromatic rings. The largest absolute Gasteiger partial charge is 0.497 e. The number of methoxy groups -OCH3 is 1. The number of sulfonamides is 1. The normalized spacial score (nSPS) is 17.6. The van der Waals surface area contributed by atoms with Crippen LogP contribution in [-0.4, -0.2) is 44.5 Å². The summed E-state index contributed by atoms with van der Waals surface area (Å²) in [5, 5.41) is 4.45. The zero-order valence-corrected chi connectivity index (χ0v) is 17.7. The van der Waals surface area contributed by atoms with Crippen LogP contribution in [0.1, 0.15) is 24.0 Å². The predicted molar refractivity (Wildman–Crippen MR) is 112 cm³/mol. The van der Waals surface area contributed by atoms with Crippen LogP contribution in [0.4, 0.5) is 0 Å². The Kier molecular flexibility index (Phi) is 6.56. The van der Waals surface area contributed by atoms with Gasteiger partial charge < -0.3 is 4.74 Å². The first kappa shape index (κ1) is 21.3. The molecule has 29 heavy (non-hydrogen) atoms. The van der Waals surface area contributed by atoms with Crippen LogP contribution < -0.4 is 10.2 Å². The van der Waals surface area contributed by atoms with E-state index in [2.05, 4.69) is 10.5 Å². The van der Waals surface area contributed by atoms with Gasteiger partial charge >= 0.3 is 0 Å². The van der Waals surface area contributed by atoms with E-state index >= 15 is 0 Å². The minimum atomic E-state index is -3.79. The standard InChI is InChI=1S/C20H22ClN3O4S/c1-14-12-17(28-2)8-5-15(14)13-22-23-20(25)19-4-3-11-24(19)29(26,27)18-9-6-16(21)7-10-18/h5-10,12-13,19H,3-4,11H2,1-2H3,(H,23,25)/b22-13-/t19-/m1/s1. The summed E-state index contributed by atoms with van der Waals surface area (Å²) in [6.07, 6.45) is 2.57. The molecule has 0 bridgehead atoms. The number of halogens is 1. The molecule has 1 aliphatic heterocycles. The number of benzene rings is 2. The lowest BCUT2D eigenvalue weighted by molar-refractivity contribution is -0.124. The Morgan fingerprint density at radius 3 is 2.66 bits per heavy atom. The number of hydrogen-bond donors (Lipinski definition) is 1. The van der Waals surface area contributed by atoms with Gasteiger partial charge in [-0.3, -0.25) is 4.79 Å². The first-order valence-electron chi connectivity index (χ1n) is 9.08. The monoisotopic (exact) mass is 435 g/mol. The Morgan fingerprint density at radius 1 is 1.28 bits per heavy atom. The molecule has 2 aromatic carbocycles. The van der Waals surface area contributed by atoms with Crippen LogP contribution in [0.2, 0.25) is 5.02 Å². The SMILES string of the molecule is COc1ccc(/C=N\NC(=O)[C@H]2CCCN2S(=O)(=O)c2ccc(Cl)cc2)c(C)c1. The predicted octanol–water partition coefficient (Wildman–Crippen LogP) is 2.96. The van der Waals surface area contributed by atoms with E-state index < -0.39 is 22.0 Å². The highest BCUT2D eigenvalue weighted by Crippen LogP contribution is 2.27. The van der Waals surface area contributed by atoms with Crippen LogP contribution in [-0.2, 0) is 14.8 Å². The van der Waals surface area contributed by atoms with Crippen LogP contribution >= 0.6 is 11.6 Å². The van der Waals surface area contributed by atoms with Crippen molar-refractivity contribution in [3.63, 3.8) is 0 Å². The number of hydrazone groups is 1. The van der Waals surface area contributed by atoms with Gasteiger partial charge in [0.25, 0.3) is 5.91 Å². The van der Waals surface area contributed by atoms with Crippen molar-refractivity contribution in [3.05, 3.63) is 58.6 Å². The molecule has 7 nitrogen and oxygen atoms in total. The minimum Gasteiger partial charge on any atom is -0.497 e. The number of ether oxygens (including phenoxy) is 1. The molecule has 0 aliphatic carbocycles. The van der Waals surface area contributed by atoms with Gasteiger partial charge in [0.1, 0.15) is 11.8 Å². The second-order valence-electron chi connectivity index (χ2n) is 6.68. The van der Waals surface area contributed by atoms with Crippen molar-refractivity contribution in [3.8, 4) is 5.75 Å². The maximum absolute atomic E-state index is 12.9. The number of hydrogen-bond acceptors (Lipinski definition) is 5. The number of carbonyl (C=O) groups excluding carboxylic acids is 1. The second kappa shape index (κ2) is 8.94. The number of nitrogens with zero attached hydrogens (tertiary/aromatic N) is 2. The zero-order valence-electron chi connectivity index (χ0n) is 16.1. The molecule has 1 amide bonds. The van der Waals surface area contributed by atoms with Crippen LogP contribution in [0.15, 0.2) is 52.5 Å². The van der Waals surface area contributed by atoms with E-state index in [4.69, 9.17) is 16.3 Å². The Balaban J connectivity index is 1.71. The molecule has 0 spiro atoms. The van der Waals surface area contributed by atoms with Gasteiger partial charge in [-0.1, -0.05) is 11.6 Å². The lowest BCUT2D eigenvalue weighted by atomic mass is 10.1. The Labute approximate surface area is 175 Å². The quantitative estimate of drug-likeness (QED) is 0.558.